The number of hydrogen-bond donors (Lipinski definition) is 1. The van der Waals surface area contributed by atoms with Crippen molar-refractivity contribution in [3.8, 4) is 5.75 Å². The summed E-state index contributed by atoms with van der Waals surface area (Å²) in [6, 6.07) is 16.8. The fraction of sp³-hybridized carbons (Fsp3) is 0.263. The van der Waals surface area contributed by atoms with Crippen molar-refractivity contribution >= 4 is 0 Å². The molecule has 110 valence electrons. The van der Waals surface area contributed by atoms with Gasteiger partial charge in [0, 0.05) is 13.1 Å². The molecular formula is C19H23NO. The summed E-state index contributed by atoms with van der Waals surface area (Å²) >= 11 is 0. The highest BCUT2D eigenvalue weighted by Gasteiger charge is 2.00. The van der Waals surface area contributed by atoms with Gasteiger partial charge in [-0.1, -0.05) is 56.0 Å². The number of aryl methyl sites for hydroxylation is 1. The minimum Gasteiger partial charge on any atom is -0.490 e. The Labute approximate surface area is 127 Å². The molecule has 0 heterocycles. The van der Waals surface area contributed by atoms with Crippen LogP contribution < -0.4 is 10.1 Å². The van der Waals surface area contributed by atoms with Crippen LogP contribution >= 0.6 is 0 Å². The van der Waals surface area contributed by atoms with Crippen molar-refractivity contribution in [1.82, 2.24) is 5.32 Å². The zero-order valence-electron chi connectivity index (χ0n) is 12.6. The first-order chi connectivity index (χ1) is 10.3. The number of benzene rings is 2. The molecule has 0 aromatic heterocycles. The van der Waals surface area contributed by atoms with Crippen LogP contribution in [-0.4, -0.2) is 6.61 Å². The van der Waals surface area contributed by atoms with Gasteiger partial charge in [-0.15, -0.1) is 0 Å². The normalized spacial score (nSPS) is 10.3. The molecule has 0 radical (unpaired) electrons. The largest absolute Gasteiger partial charge is 0.490 e. The molecule has 2 aromatic carbocycles. The van der Waals surface area contributed by atoms with Crippen molar-refractivity contribution in [3.05, 3.63) is 77.9 Å². The van der Waals surface area contributed by atoms with Crippen molar-refractivity contribution in [2.24, 2.45) is 0 Å². The van der Waals surface area contributed by atoms with Crippen molar-refractivity contribution in [3.63, 3.8) is 0 Å². The zero-order chi connectivity index (χ0) is 14.9. The molecule has 0 saturated carbocycles. The molecule has 1 N–H and O–H groups in total. The van der Waals surface area contributed by atoms with E-state index >= 15 is 0 Å². The highest BCUT2D eigenvalue weighted by atomic mass is 16.5. The van der Waals surface area contributed by atoms with Crippen LogP contribution in [0.5, 0.6) is 5.75 Å². The maximum Gasteiger partial charge on any atom is 0.119 e. The van der Waals surface area contributed by atoms with Gasteiger partial charge in [-0.05, 0) is 35.2 Å². The van der Waals surface area contributed by atoms with Gasteiger partial charge in [-0.3, -0.25) is 0 Å². The lowest BCUT2D eigenvalue weighted by atomic mass is 10.1. The Balaban J connectivity index is 1.84. The third kappa shape index (κ3) is 4.76. The predicted molar refractivity (Wildman–Crippen MR) is 88.5 cm³/mol. The monoisotopic (exact) mass is 281 g/mol. The Morgan fingerprint density at radius 1 is 1.00 bits per heavy atom. The molecule has 2 rings (SSSR count). The second kappa shape index (κ2) is 8.28. The average molecular weight is 281 g/mol. The van der Waals surface area contributed by atoms with Crippen molar-refractivity contribution in [2.45, 2.75) is 26.4 Å². The molecule has 2 aromatic rings. The number of rotatable bonds is 8. The smallest absolute Gasteiger partial charge is 0.119 e. The van der Waals surface area contributed by atoms with E-state index in [1.165, 1.54) is 16.7 Å². The van der Waals surface area contributed by atoms with Gasteiger partial charge < -0.3 is 10.1 Å². The van der Waals surface area contributed by atoms with Crippen LogP contribution in [0.3, 0.4) is 0 Å². The van der Waals surface area contributed by atoms with Crippen LogP contribution in [0.25, 0.3) is 0 Å². The van der Waals surface area contributed by atoms with E-state index < -0.39 is 0 Å². The van der Waals surface area contributed by atoms with Crippen LogP contribution in [0.15, 0.2) is 61.2 Å². The second-order valence-electron chi connectivity index (χ2n) is 4.97. The summed E-state index contributed by atoms with van der Waals surface area (Å²) in [4.78, 5) is 0. The molecule has 0 aliphatic rings. The van der Waals surface area contributed by atoms with Gasteiger partial charge in [-0.2, -0.15) is 0 Å². The van der Waals surface area contributed by atoms with E-state index in [-0.39, 0.29) is 0 Å². The molecule has 21 heavy (non-hydrogen) atoms. The van der Waals surface area contributed by atoms with Crippen LogP contribution in [0.4, 0.5) is 0 Å². The van der Waals surface area contributed by atoms with Crippen molar-refractivity contribution in [1.29, 1.82) is 0 Å². The summed E-state index contributed by atoms with van der Waals surface area (Å²) in [5.74, 6) is 0.884. The van der Waals surface area contributed by atoms with Crippen LogP contribution in [-0.2, 0) is 19.5 Å². The lowest BCUT2D eigenvalue weighted by molar-refractivity contribution is 0.363. The molecule has 0 unspecified atom stereocenters. The number of ether oxygens (including phenoxy) is 1. The molecule has 0 aliphatic heterocycles. The number of nitrogens with one attached hydrogen (secondary N) is 1. The minimum absolute atomic E-state index is 0.547. The van der Waals surface area contributed by atoms with Crippen LogP contribution in [0.1, 0.15) is 23.6 Å². The summed E-state index contributed by atoms with van der Waals surface area (Å²) in [7, 11) is 0. The topological polar surface area (TPSA) is 21.3 Å². The van der Waals surface area contributed by atoms with E-state index in [1.807, 2.05) is 12.1 Å². The zero-order valence-corrected chi connectivity index (χ0v) is 12.6. The van der Waals surface area contributed by atoms with Gasteiger partial charge in [-0.25, -0.2) is 0 Å². The fourth-order valence-corrected chi connectivity index (χ4v) is 2.28. The van der Waals surface area contributed by atoms with Crippen LogP contribution in [0.2, 0.25) is 0 Å². The quantitative estimate of drug-likeness (QED) is 0.735. The second-order valence-corrected chi connectivity index (χ2v) is 4.97. The lowest BCUT2D eigenvalue weighted by Crippen LogP contribution is -2.13. The van der Waals surface area contributed by atoms with E-state index in [0.717, 1.165) is 25.3 Å². The molecule has 0 amide bonds. The molecule has 0 atom stereocenters. The van der Waals surface area contributed by atoms with E-state index in [4.69, 9.17) is 4.74 Å². The molecule has 2 heteroatoms. The third-order valence-corrected chi connectivity index (χ3v) is 3.44. The molecular weight excluding hydrogens is 258 g/mol. The first kappa shape index (κ1) is 15.3. The molecule has 0 aliphatic carbocycles. The van der Waals surface area contributed by atoms with Crippen molar-refractivity contribution in [2.75, 3.05) is 6.61 Å². The summed E-state index contributed by atoms with van der Waals surface area (Å²) in [6.07, 6.45) is 2.83. The Hall–Kier alpha value is -2.06. The maximum atomic E-state index is 5.48. The summed E-state index contributed by atoms with van der Waals surface area (Å²) in [5.41, 5.74) is 4.05. The Morgan fingerprint density at radius 3 is 2.38 bits per heavy atom. The van der Waals surface area contributed by atoms with Gasteiger partial charge in [0.25, 0.3) is 0 Å². The van der Waals surface area contributed by atoms with E-state index in [2.05, 4.69) is 55.2 Å². The average Bonchev–Trinajstić information content (AvgIpc) is 2.54. The molecule has 0 bridgehead atoms. The summed E-state index contributed by atoms with van der Waals surface area (Å²) < 4.78 is 5.48. The van der Waals surface area contributed by atoms with Crippen LogP contribution in [0, 0.1) is 0 Å². The Kier molecular flexibility index (Phi) is 6.04. The predicted octanol–water partition coefficient (Wildman–Crippen LogP) is 4.10. The standard InChI is InChI=1S/C19H23NO/c1-3-13-21-19-11-9-16(10-12-19)14-20-15-18-8-6-5-7-17(18)4-2/h3,5-12,20H,1,4,13-15H2,2H3. The summed E-state index contributed by atoms with van der Waals surface area (Å²) in [6.45, 7) is 8.15. The van der Waals surface area contributed by atoms with E-state index in [1.54, 1.807) is 6.08 Å². The summed E-state index contributed by atoms with van der Waals surface area (Å²) in [5, 5.41) is 3.50. The van der Waals surface area contributed by atoms with E-state index in [0.29, 0.717) is 6.61 Å². The Bertz CT molecular complexity index is 560. The van der Waals surface area contributed by atoms with Gasteiger partial charge in [0.05, 0.1) is 0 Å². The van der Waals surface area contributed by atoms with E-state index in [9.17, 15) is 0 Å². The van der Waals surface area contributed by atoms with Gasteiger partial charge >= 0.3 is 0 Å². The first-order valence-corrected chi connectivity index (χ1v) is 7.43. The fourth-order valence-electron chi connectivity index (χ4n) is 2.28. The van der Waals surface area contributed by atoms with Gasteiger partial charge in [0.2, 0.25) is 0 Å². The minimum atomic E-state index is 0.547. The SMILES string of the molecule is C=CCOc1ccc(CNCc2ccccc2CC)cc1. The first-order valence-electron chi connectivity index (χ1n) is 7.43. The van der Waals surface area contributed by atoms with Gasteiger partial charge in [0.1, 0.15) is 12.4 Å². The lowest BCUT2D eigenvalue weighted by Gasteiger charge is -2.10. The highest BCUT2D eigenvalue weighted by Crippen LogP contribution is 2.13. The van der Waals surface area contributed by atoms with Gasteiger partial charge in [0.15, 0.2) is 0 Å². The number of hydrogen-bond acceptors (Lipinski definition) is 2. The van der Waals surface area contributed by atoms with Crippen molar-refractivity contribution < 1.29 is 4.74 Å². The molecule has 0 saturated heterocycles. The maximum absolute atomic E-state index is 5.48. The Morgan fingerprint density at radius 2 is 1.71 bits per heavy atom. The molecule has 0 spiro atoms. The highest BCUT2D eigenvalue weighted by molar-refractivity contribution is 5.28. The molecule has 0 fully saturated rings. The third-order valence-electron chi connectivity index (χ3n) is 3.44. The molecule has 2 nitrogen and oxygen atoms in total.